The van der Waals surface area contributed by atoms with Gasteiger partial charge in [-0.3, -0.25) is 9.58 Å². The summed E-state index contributed by atoms with van der Waals surface area (Å²) in [5, 5.41) is 25.3. The Labute approximate surface area is 223 Å². The number of halogens is 1. The fraction of sp³-hybridized carbons (Fsp3) is 0.241. The maximum atomic E-state index is 13.7. The van der Waals surface area contributed by atoms with E-state index in [2.05, 4.69) is 30.9 Å². The van der Waals surface area contributed by atoms with Crippen molar-refractivity contribution >= 4 is 16.9 Å². The molecule has 3 aliphatic heterocycles. The zero-order chi connectivity index (χ0) is 26.7. The van der Waals surface area contributed by atoms with Crippen molar-refractivity contribution in [2.24, 2.45) is 7.05 Å². The summed E-state index contributed by atoms with van der Waals surface area (Å²) in [5.41, 5.74) is 5.07. The second-order valence-electron chi connectivity index (χ2n) is 10.3. The van der Waals surface area contributed by atoms with Gasteiger partial charge in [0.2, 0.25) is 0 Å². The first kappa shape index (κ1) is 23.4. The lowest BCUT2D eigenvalue weighted by Gasteiger charge is -2.56. The summed E-state index contributed by atoms with van der Waals surface area (Å²) in [6, 6.07) is 15.0. The SMILES string of the molecule is Cn1ccc(-c2cc3c(-c4ccc(N5CC6CC(C5)N6Cc5cc(F)ccc5O)nc4)c(C#N)cnc3[nH]2)n1. The molecule has 9 nitrogen and oxygen atoms in total. The molecule has 2 bridgehead atoms. The number of nitrogens with zero attached hydrogens (tertiary/aromatic N) is 7. The molecule has 0 aliphatic carbocycles. The lowest BCUT2D eigenvalue weighted by molar-refractivity contribution is -0.00921. The number of phenolic OH excluding ortho intramolecular Hbond substituents is 1. The normalized spacial score (nSPS) is 18.7. The van der Waals surface area contributed by atoms with Crippen LogP contribution in [0.5, 0.6) is 5.75 Å². The number of phenols is 1. The second kappa shape index (κ2) is 8.92. The minimum Gasteiger partial charge on any atom is -0.508 e. The van der Waals surface area contributed by atoms with E-state index in [1.54, 1.807) is 10.9 Å². The van der Waals surface area contributed by atoms with Crippen LogP contribution < -0.4 is 4.90 Å². The highest BCUT2D eigenvalue weighted by atomic mass is 19.1. The Balaban J connectivity index is 1.13. The number of aromatic nitrogens is 5. The van der Waals surface area contributed by atoms with E-state index in [9.17, 15) is 14.8 Å². The van der Waals surface area contributed by atoms with E-state index < -0.39 is 0 Å². The first-order valence-electron chi connectivity index (χ1n) is 12.8. The summed E-state index contributed by atoms with van der Waals surface area (Å²) in [5.74, 6) is 0.679. The van der Waals surface area contributed by atoms with Crippen molar-refractivity contribution in [1.29, 1.82) is 5.26 Å². The van der Waals surface area contributed by atoms with E-state index in [0.29, 0.717) is 35.4 Å². The van der Waals surface area contributed by atoms with E-state index in [0.717, 1.165) is 53.2 Å². The summed E-state index contributed by atoms with van der Waals surface area (Å²) in [7, 11) is 1.87. The molecule has 3 saturated heterocycles. The number of nitrogens with one attached hydrogen (secondary N) is 1. The molecule has 2 atom stereocenters. The Morgan fingerprint density at radius 2 is 1.95 bits per heavy atom. The van der Waals surface area contributed by atoms with Gasteiger partial charge in [-0.2, -0.15) is 10.4 Å². The van der Waals surface area contributed by atoms with Crippen molar-refractivity contribution in [2.45, 2.75) is 25.0 Å². The molecular formula is C29H25FN8O. The third kappa shape index (κ3) is 3.99. The fourth-order valence-corrected chi connectivity index (χ4v) is 5.90. The molecule has 7 heterocycles. The van der Waals surface area contributed by atoms with Crippen molar-refractivity contribution in [1.82, 2.24) is 29.6 Å². The number of fused-ring (bicyclic) bond motifs is 3. The van der Waals surface area contributed by atoms with Crippen LogP contribution in [0, 0.1) is 17.1 Å². The Morgan fingerprint density at radius 3 is 2.67 bits per heavy atom. The molecule has 0 amide bonds. The largest absolute Gasteiger partial charge is 0.508 e. The van der Waals surface area contributed by atoms with Gasteiger partial charge in [0.1, 0.15) is 34.8 Å². The molecule has 0 saturated carbocycles. The Bertz CT molecular complexity index is 1740. The number of hydrogen-bond donors (Lipinski definition) is 2. The average Bonchev–Trinajstić information content (AvgIpc) is 3.59. The molecule has 5 aromatic rings. The van der Waals surface area contributed by atoms with Gasteiger partial charge in [-0.15, -0.1) is 0 Å². The molecule has 8 rings (SSSR count). The average molecular weight is 521 g/mol. The minimum atomic E-state index is -0.335. The number of H-pyrrole nitrogens is 1. The topological polar surface area (TPSA) is 110 Å². The van der Waals surface area contributed by atoms with E-state index >= 15 is 0 Å². The molecule has 3 fully saturated rings. The molecule has 4 aromatic heterocycles. The summed E-state index contributed by atoms with van der Waals surface area (Å²) < 4.78 is 15.4. The van der Waals surface area contributed by atoms with Crippen molar-refractivity contribution in [3.63, 3.8) is 0 Å². The highest BCUT2D eigenvalue weighted by Crippen LogP contribution is 2.38. The molecule has 1 aromatic carbocycles. The van der Waals surface area contributed by atoms with Crippen molar-refractivity contribution in [3.05, 3.63) is 78.0 Å². The molecule has 3 aliphatic rings. The van der Waals surface area contributed by atoms with Gasteiger partial charge in [0.05, 0.1) is 11.3 Å². The fourth-order valence-electron chi connectivity index (χ4n) is 5.90. The van der Waals surface area contributed by atoms with E-state index in [4.69, 9.17) is 4.98 Å². The predicted molar refractivity (Wildman–Crippen MR) is 144 cm³/mol. The van der Waals surface area contributed by atoms with Crippen LogP contribution in [-0.4, -0.2) is 59.9 Å². The number of piperazine rings is 1. The van der Waals surface area contributed by atoms with Gasteiger partial charge in [-0.05, 0) is 48.9 Å². The zero-order valence-electron chi connectivity index (χ0n) is 21.2. The molecule has 10 heteroatoms. The molecule has 2 N–H and O–H groups in total. The van der Waals surface area contributed by atoms with Gasteiger partial charge in [-0.25, -0.2) is 14.4 Å². The number of pyridine rings is 2. The molecule has 2 unspecified atom stereocenters. The zero-order valence-corrected chi connectivity index (χ0v) is 21.2. The number of hydrogen-bond acceptors (Lipinski definition) is 7. The number of aryl methyl sites for hydroxylation is 1. The van der Waals surface area contributed by atoms with Crippen LogP contribution in [0.15, 0.2) is 61.1 Å². The van der Waals surface area contributed by atoms with Gasteiger partial charge in [-0.1, -0.05) is 0 Å². The van der Waals surface area contributed by atoms with Crippen LogP contribution in [0.2, 0.25) is 0 Å². The van der Waals surface area contributed by atoms with E-state index in [-0.39, 0.29) is 11.6 Å². The Morgan fingerprint density at radius 1 is 1.10 bits per heavy atom. The summed E-state index contributed by atoms with van der Waals surface area (Å²) in [6.45, 7) is 2.16. The van der Waals surface area contributed by atoms with Crippen LogP contribution in [0.3, 0.4) is 0 Å². The summed E-state index contributed by atoms with van der Waals surface area (Å²) in [6.07, 6.45) is 6.37. The first-order valence-corrected chi connectivity index (χ1v) is 12.8. The van der Waals surface area contributed by atoms with E-state index in [1.807, 2.05) is 43.7 Å². The molecule has 0 radical (unpaired) electrons. The van der Waals surface area contributed by atoms with E-state index in [1.165, 1.54) is 18.2 Å². The number of nitriles is 1. The molecule has 194 valence electrons. The van der Waals surface area contributed by atoms with Crippen LogP contribution in [0.1, 0.15) is 17.5 Å². The minimum absolute atomic E-state index is 0.131. The lowest BCUT2D eigenvalue weighted by Crippen LogP contribution is -2.68. The molecule has 0 spiro atoms. The number of benzene rings is 1. The van der Waals surface area contributed by atoms with Crippen LogP contribution in [0.25, 0.3) is 33.5 Å². The smallest absolute Gasteiger partial charge is 0.138 e. The van der Waals surface area contributed by atoms with Gasteiger partial charge in [0.25, 0.3) is 0 Å². The number of anilines is 1. The number of piperidine rings is 1. The van der Waals surface area contributed by atoms with Gasteiger partial charge < -0.3 is 15.0 Å². The number of aromatic hydroxyl groups is 1. The number of rotatable bonds is 5. The molecular weight excluding hydrogens is 495 g/mol. The van der Waals surface area contributed by atoms with Gasteiger partial charge in [0.15, 0.2) is 0 Å². The summed E-state index contributed by atoms with van der Waals surface area (Å²) in [4.78, 5) is 17.2. The van der Waals surface area contributed by atoms with Crippen molar-refractivity contribution in [3.8, 4) is 34.3 Å². The van der Waals surface area contributed by atoms with Crippen LogP contribution in [0.4, 0.5) is 10.2 Å². The third-order valence-corrected chi connectivity index (χ3v) is 7.87. The quantitative estimate of drug-likeness (QED) is 0.357. The number of aromatic amines is 1. The standard InChI is InChI=1S/C29H25FN8O/c1-36-7-6-24(35-36)25-10-23-28(19(11-31)13-33-29(23)34-25)17-2-5-27(32-12-17)37-15-21-9-22(16-37)38(21)14-18-8-20(30)3-4-26(18)39/h2-8,10,12-13,21-22,39H,9,14-16H2,1H3,(H,33,34). The first-order chi connectivity index (χ1) is 19.0. The predicted octanol–water partition coefficient (Wildman–Crippen LogP) is 4.20. The second-order valence-corrected chi connectivity index (χ2v) is 10.3. The van der Waals surface area contributed by atoms with Crippen molar-refractivity contribution < 1.29 is 9.50 Å². The van der Waals surface area contributed by atoms with Crippen LogP contribution >= 0.6 is 0 Å². The Hall–Kier alpha value is -4.75. The highest BCUT2D eigenvalue weighted by molar-refractivity contribution is 5.98. The van der Waals surface area contributed by atoms with Crippen molar-refractivity contribution in [2.75, 3.05) is 18.0 Å². The van der Waals surface area contributed by atoms with Gasteiger partial charge >= 0.3 is 0 Å². The van der Waals surface area contributed by atoms with Crippen LogP contribution in [-0.2, 0) is 13.6 Å². The summed E-state index contributed by atoms with van der Waals surface area (Å²) >= 11 is 0. The monoisotopic (exact) mass is 520 g/mol. The maximum absolute atomic E-state index is 13.7. The third-order valence-electron chi connectivity index (χ3n) is 7.87. The molecule has 39 heavy (non-hydrogen) atoms. The van der Waals surface area contributed by atoms with Gasteiger partial charge in [0, 0.05) is 79.4 Å². The maximum Gasteiger partial charge on any atom is 0.138 e. The highest BCUT2D eigenvalue weighted by Gasteiger charge is 2.44. The Kier molecular flexibility index (Phi) is 5.35. The lowest BCUT2D eigenvalue weighted by atomic mass is 9.86.